The minimum Gasteiger partial charge on any atom is -0.385 e. The zero-order valence-corrected chi connectivity index (χ0v) is 12.8. The van der Waals surface area contributed by atoms with Crippen molar-refractivity contribution in [1.29, 1.82) is 0 Å². The maximum absolute atomic E-state index is 12.9. The van der Waals surface area contributed by atoms with Gasteiger partial charge in [0.15, 0.2) is 6.10 Å². The first kappa shape index (κ1) is 15.4. The minimum atomic E-state index is -0.742. The van der Waals surface area contributed by atoms with Crippen LogP contribution < -0.4 is 10.6 Å². The number of pyridine rings is 1. The number of anilines is 2. The summed E-state index contributed by atoms with van der Waals surface area (Å²) in [6.45, 7) is 0.969. The summed E-state index contributed by atoms with van der Waals surface area (Å²) in [4.78, 5) is 16.2. The van der Waals surface area contributed by atoms with Crippen LogP contribution in [0.15, 0.2) is 36.5 Å². The highest BCUT2D eigenvalue weighted by Crippen LogP contribution is 2.27. The van der Waals surface area contributed by atoms with Gasteiger partial charge in [-0.05, 0) is 42.2 Å². The van der Waals surface area contributed by atoms with E-state index in [2.05, 4.69) is 15.6 Å². The number of rotatable bonds is 4. The van der Waals surface area contributed by atoms with E-state index < -0.39 is 11.9 Å². The van der Waals surface area contributed by atoms with Crippen LogP contribution in [0.4, 0.5) is 15.9 Å². The van der Waals surface area contributed by atoms with Crippen LogP contribution in [0, 0.1) is 5.82 Å². The first-order chi connectivity index (χ1) is 11.2. The van der Waals surface area contributed by atoms with Crippen molar-refractivity contribution in [3.05, 3.63) is 53.5 Å². The number of fused-ring (bicyclic) bond motifs is 1. The summed E-state index contributed by atoms with van der Waals surface area (Å²) in [7, 11) is 1.49. The van der Waals surface area contributed by atoms with E-state index >= 15 is 0 Å². The van der Waals surface area contributed by atoms with Crippen molar-refractivity contribution in [3.8, 4) is 0 Å². The Kier molecular flexibility index (Phi) is 4.52. The van der Waals surface area contributed by atoms with Crippen LogP contribution >= 0.6 is 0 Å². The molecular formula is C17H18FN3O2. The van der Waals surface area contributed by atoms with E-state index in [1.54, 1.807) is 0 Å². The molecule has 2 heterocycles. The van der Waals surface area contributed by atoms with Crippen LogP contribution in [0.5, 0.6) is 0 Å². The third-order valence-electron chi connectivity index (χ3n) is 3.82. The van der Waals surface area contributed by atoms with E-state index in [0.717, 1.165) is 36.8 Å². The lowest BCUT2D eigenvalue weighted by atomic mass is 9.98. The van der Waals surface area contributed by atoms with Gasteiger partial charge in [0.2, 0.25) is 0 Å². The molecule has 120 valence electrons. The van der Waals surface area contributed by atoms with Gasteiger partial charge in [-0.25, -0.2) is 9.37 Å². The van der Waals surface area contributed by atoms with Gasteiger partial charge in [0, 0.05) is 19.3 Å². The number of ether oxygens (including phenoxy) is 1. The highest BCUT2D eigenvalue weighted by atomic mass is 19.1. The Morgan fingerprint density at radius 3 is 3.00 bits per heavy atom. The molecule has 0 saturated carbocycles. The second-order valence-corrected chi connectivity index (χ2v) is 5.41. The lowest BCUT2D eigenvalue weighted by Gasteiger charge is -2.21. The Bertz CT molecular complexity index is 703. The fourth-order valence-electron chi connectivity index (χ4n) is 2.69. The molecule has 3 rings (SSSR count). The molecule has 1 unspecified atom stereocenters. The number of nitrogens with zero attached hydrogens (tertiary/aromatic N) is 1. The van der Waals surface area contributed by atoms with Gasteiger partial charge in [0.05, 0.1) is 6.20 Å². The maximum Gasteiger partial charge on any atom is 0.259 e. The van der Waals surface area contributed by atoms with Crippen molar-refractivity contribution in [3.63, 3.8) is 0 Å². The van der Waals surface area contributed by atoms with Crippen molar-refractivity contribution < 1.29 is 13.9 Å². The number of aromatic nitrogens is 1. The Hall–Kier alpha value is -2.47. The maximum atomic E-state index is 12.9. The van der Waals surface area contributed by atoms with Crippen LogP contribution in [0.2, 0.25) is 0 Å². The molecule has 0 fully saturated rings. The van der Waals surface area contributed by atoms with Crippen LogP contribution in [-0.4, -0.2) is 24.5 Å². The quantitative estimate of drug-likeness (QED) is 0.910. The van der Waals surface area contributed by atoms with Gasteiger partial charge in [0.25, 0.3) is 5.91 Å². The average molecular weight is 315 g/mol. The van der Waals surface area contributed by atoms with E-state index in [4.69, 9.17) is 4.74 Å². The molecule has 2 N–H and O–H groups in total. The predicted molar refractivity (Wildman–Crippen MR) is 85.8 cm³/mol. The fourth-order valence-corrected chi connectivity index (χ4v) is 2.69. The predicted octanol–water partition coefficient (Wildman–Crippen LogP) is 2.91. The molecule has 0 aliphatic carbocycles. The molecule has 0 bridgehead atoms. The van der Waals surface area contributed by atoms with Gasteiger partial charge in [-0.3, -0.25) is 4.79 Å². The Labute approximate surface area is 133 Å². The van der Waals surface area contributed by atoms with Crippen molar-refractivity contribution in [2.24, 2.45) is 0 Å². The van der Waals surface area contributed by atoms with E-state index in [1.165, 1.54) is 24.8 Å². The Morgan fingerprint density at radius 2 is 2.26 bits per heavy atom. The summed E-state index contributed by atoms with van der Waals surface area (Å²) < 4.78 is 18.2. The number of carbonyl (C=O) groups is 1. The largest absolute Gasteiger partial charge is 0.385 e. The summed E-state index contributed by atoms with van der Waals surface area (Å²) >= 11 is 0. The topological polar surface area (TPSA) is 63.2 Å². The van der Waals surface area contributed by atoms with Gasteiger partial charge in [0.1, 0.15) is 11.6 Å². The fraction of sp³-hybridized carbons (Fsp3) is 0.294. The van der Waals surface area contributed by atoms with Gasteiger partial charge in [-0.1, -0.05) is 12.1 Å². The standard InChI is InChI=1S/C17H18FN3O2/c1-23-16(17(22)21-15-7-5-13(18)10-20-15)12-4-6-14-11(9-12)3-2-8-19-14/h4-7,9-10,16,19H,2-3,8H2,1H3,(H,20,21,22). The summed E-state index contributed by atoms with van der Waals surface area (Å²) in [5, 5.41) is 5.98. The number of methoxy groups -OCH3 is 1. The van der Waals surface area contributed by atoms with Gasteiger partial charge < -0.3 is 15.4 Å². The number of amides is 1. The Morgan fingerprint density at radius 1 is 1.39 bits per heavy atom. The number of hydrogen-bond donors (Lipinski definition) is 2. The molecule has 1 amide bonds. The summed E-state index contributed by atoms with van der Waals surface area (Å²) in [5.41, 5.74) is 3.08. The molecule has 1 aromatic carbocycles. The van der Waals surface area contributed by atoms with Gasteiger partial charge >= 0.3 is 0 Å². The summed E-state index contributed by atoms with van der Waals surface area (Å²) in [6, 6.07) is 8.50. The number of halogens is 1. The van der Waals surface area contributed by atoms with Crippen LogP contribution in [0.1, 0.15) is 23.7 Å². The molecule has 1 aliphatic rings. The molecule has 6 heteroatoms. The third kappa shape index (κ3) is 3.48. The van der Waals surface area contributed by atoms with E-state index in [-0.39, 0.29) is 11.7 Å². The van der Waals surface area contributed by atoms with Gasteiger partial charge in [-0.15, -0.1) is 0 Å². The van der Waals surface area contributed by atoms with Crippen molar-refractivity contribution in [2.45, 2.75) is 18.9 Å². The van der Waals surface area contributed by atoms with E-state index in [9.17, 15) is 9.18 Å². The molecular weight excluding hydrogens is 297 g/mol. The van der Waals surface area contributed by atoms with Crippen molar-refractivity contribution in [2.75, 3.05) is 24.3 Å². The highest BCUT2D eigenvalue weighted by Gasteiger charge is 2.22. The first-order valence-corrected chi connectivity index (χ1v) is 7.49. The second-order valence-electron chi connectivity index (χ2n) is 5.41. The minimum absolute atomic E-state index is 0.290. The smallest absolute Gasteiger partial charge is 0.259 e. The molecule has 0 spiro atoms. The number of nitrogens with one attached hydrogen (secondary N) is 2. The van der Waals surface area contributed by atoms with Crippen molar-refractivity contribution in [1.82, 2.24) is 4.98 Å². The van der Waals surface area contributed by atoms with E-state index in [0.29, 0.717) is 0 Å². The lowest BCUT2D eigenvalue weighted by molar-refractivity contribution is -0.126. The van der Waals surface area contributed by atoms with Crippen molar-refractivity contribution >= 4 is 17.4 Å². The summed E-state index contributed by atoms with van der Waals surface area (Å²) in [5.74, 6) is -0.498. The molecule has 1 aliphatic heterocycles. The Balaban J connectivity index is 1.78. The number of hydrogen-bond acceptors (Lipinski definition) is 4. The monoisotopic (exact) mass is 315 g/mol. The molecule has 23 heavy (non-hydrogen) atoms. The zero-order valence-electron chi connectivity index (χ0n) is 12.8. The molecule has 1 atom stereocenters. The normalized spacial score (nSPS) is 14.5. The number of benzene rings is 1. The second kappa shape index (κ2) is 6.75. The van der Waals surface area contributed by atoms with Crippen LogP contribution in [0.25, 0.3) is 0 Å². The number of aryl methyl sites for hydroxylation is 1. The van der Waals surface area contributed by atoms with Crippen LogP contribution in [0.3, 0.4) is 0 Å². The van der Waals surface area contributed by atoms with E-state index in [1.807, 2.05) is 18.2 Å². The molecule has 1 aromatic heterocycles. The van der Waals surface area contributed by atoms with Gasteiger partial charge in [-0.2, -0.15) is 0 Å². The zero-order chi connectivity index (χ0) is 16.2. The lowest BCUT2D eigenvalue weighted by Crippen LogP contribution is -2.23. The molecule has 2 aromatic rings. The first-order valence-electron chi connectivity index (χ1n) is 7.49. The average Bonchev–Trinajstić information content (AvgIpc) is 2.57. The third-order valence-corrected chi connectivity index (χ3v) is 3.82. The number of carbonyl (C=O) groups excluding carboxylic acids is 1. The SMILES string of the molecule is COC(C(=O)Nc1ccc(F)cn1)c1ccc2c(c1)CCCN2. The summed E-state index contributed by atoms with van der Waals surface area (Å²) in [6.07, 6.45) is 2.37. The highest BCUT2D eigenvalue weighted by molar-refractivity contribution is 5.94. The molecule has 0 saturated heterocycles. The molecule has 5 nitrogen and oxygen atoms in total. The van der Waals surface area contributed by atoms with Crippen LogP contribution in [-0.2, 0) is 16.0 Å². The molecule has 0 radical (unpaired) electrons.